The van der Waals surface area contributed by atoms with Crippen LogP contribution in [0.15, 0.2) is 164 Å². The first-order chi connectivity index (χ1) is 23.8. The van der Waals surface area contributed by atoms with Gasteiger partial charge in [-0.05, 0) is 0 Å². The molecule has 0 fully saturated rings. The first-order valence-electron chi connectivity index (χ1n) is 16.6. The van der Waals surface area contributed by atoms with Gasteiger partial charge in [0, 0.05) is 0 Å². The monoisotopic (exact) mass is 674 g/mol. The van der Waals surface area contributed by atoms with E-state index in [1.54, 1.807) is 0 Å². The van der Waals surface area contributed by atoms with Gasteiger partial charge in [0.05, 0.1) is 0 Å². The minimum atomic E-state index is 0.161. The van der Waals surface area contributed by atoms with Crippen molar-refractivity contribution < 1.29 is 0 Å². The Labute approximate surface area is 285 Å². The maximum absolute atomic E-state index is 2.37. The Morgan fingerprint density at radius 3 is 1.33 bits per heavy atom. The van der Waals surface area contributed by atoms with Crippen molar-refractivity contribution in [1.82, 2.24) is 0 Å². The summed E-state index contributed by atoms with van der Waals surface area (Å²) in [6.45, 7) is 2.27. The van der Waals surface area contributed by atoms with Gasteiger partial charge in [-0.25, -0.2) is 0 Å². The molecule has 48 heavy (non-hydrogen) atoms. The third-order valence-corrected chi connectivity index (χ3v) is 12.8. The molecular weight excluding hydrogens is 643 g/mol. The molecule has 1 aromatic heterocycles. The van der Waals surface area contributed by atoms with Crippen molar-refractivity contribution in [3.05, 3.63) is 169 Å². The van der Waals surface area contributed by atoms with Crippen LogP contribution >= 0.6 is 0 Å². The molecule has 0 saturated heterocycles. The number of hydrogen-bond acceptors (Lipinski definition) is 0. The summed E-state index contributed by atoms with van der Waals surface area (Å²) in [5.41, 5.74) is 9.32. The third kappa shape index (κ3) is 3.96. The van der Waals surface area contributed by atoms with Gasteiger partial charge in [0.15, 0.2) is 0 Å². The molecule has 1 heteroatoms. The Kier molecular flexibility index (Phi) is 6.21. The number of benzene rings is 9. The normalized spacial score (nSPS) is 11.9. The predicted molar refractivity (Wildman–Crippen MR) is 209 cm³/mol. The molecule has 0 nitrogen and oxygen atoms in total. The van der Waals surface area contributed by atoms with Gasteiger partial charge in [0.25, 0.3) is 0 Å². The quantitative estimate of drug-likeness (QED) is 0.129. The van der Waals surface area contributed by atoms with E-state index in [1.165, 1.54) is 101 Å². The van der Waals surface area contributed by atoms with Crippen LogP contribution in [0, 0.1) is 6.92 Å². The molecule has 0 atom stereocenters. The van der Waals surface area contributed by atoms with Crippen LogP contribution < -0.4 is 0 Å². The van der Waals surface area contributed by atoms with E-state index in [0.29, 0.717) is 0 Å². The van der Waals surface area contributed by atoms with Crippen LogP contribution in [0.3, 0.4) is 0 Å². The maximum atomic E-state index is 2.37. The van der Waals surface area contributed by atoms with Crippen molar-refractivity contribution in [3.8, 4) is 33.4 Å². The molecule has 0 aliphatic carbocycles. The van der Waals surface area contributed by atoms with E-state index in [0.717, 1.165) is 0 Å². The average molecular weight is 674 g/mol. The van der Waals surface area contributed by atoms with Gasteiger partial charge in [-0.3, -0.25) is 0 Å². The summed E-state index contributed by atoms with van der Waals surface area (Å²) in [5, 5.41) is 13.3. The standard InChI is InChI=1S/C47H30Se/c1-29-31-17-5-7-19-33(31)44(34-20-8-6-18-32(29)34)39-25-14-28-42-46(39)41-27-13-26-40(47(41)48-42)45-37-23-11-9-21-35(37)43(30-15-3-2-4-16-30)36-22-10-12-24-38(36)45/h2-28H,1H3. The molecular formula is C47H30Se. The van der Waals surface area contributed by atoms with E-state index >= 15 is 0 Å². The number of aryl methyl sites for hydroxylation is 1. The topological polar surface area (TPSA) is 0 Å². The van der Waals surface area contributed by atoms with E-state index in [4.69, 9.17) is 0 Å². The Balaban J connectivity index is 1.33. The van der Waals surface area contributed by atoms with Crippen molar-refractivity contribution in [2.45, 2.75) is 6.92 Å². The fourth-order valence-electron chi connectivity index (χ4n) is 8.22. The van der Waals surface area contributed by atoms with Crippen LogP contribution in [0.2, 0.25) is 0 Å². The fourth-order valence-corrected chi connectivity index (χ4v) is 10.8. The third-order valence-electron chi connectivity index (χ3n) is 10.3. The van der Waals surface area contributed by atoms with Crippen molar-refractivity contribution in [2.75, 3.05) is 0 Å². The molecule has 0 unspecified atom stereocenters. The van der Waals surface area contributed by atoms with E-state index in [1.807, 2.05) is 0 Å². The Morgan fingerprint density at radius 2 is 0.750 bits per heavy atom. The number of hydrogen-bond donors (Lipinski definition) is 0. The Bertz CT molecular complexity index is 2780. The van der Waals surface area contributed by atoms with Crippen LogP contribution in [0.4, 0.5) is 0 Å². The van der Waals surface area contributed by atoms with Crippen LogP contribution in [0.25, 0.3) is 95.8 Å². The van der Waals surface area contributed by atoms with Gasteiger partial charge in [-0.2, -0.15) is 0 Å². The second-order valence-electron chi connectivity index (χ2n) is 12.8. The number of fused-ring (bicyclic) bond motifs is 7. The summed E-state index contributed by atoms with van der Waals surface area (Å²) in [4.78, 5) is 0. The second kappa shape index (κ2) is 10.8. The van der Waals surface area contributed by atoms with Gasteiger partial charge in [-0.15, -0.1) is 0 Å². The van der Waals surface area contributed by atoms with Crippen molar-refractivity contribution in [2.24, 2.45) is 0 Å². The van der Waals surface area contributed by atoms with Crippen molar-refractivity contribution >= 4 is 76.9 Å². The van der Waals surface area contributed by atoms with Crippen molar-refractivity contribution in [3.63, 3.8) is 0 Å². The number of rotatable bonds is 3. The first-order valence-corrected chi connectivity index (χ1v) is 18.3. The van der Waals surface area contributed by atoms with E-state index < -0.39 is 0 Å². The molecule has 9 aromatic carbocycles. The zero-order valence-corrected chi connectivity index (χ0v) is 28.2. The minimum absolute atomic E-state index is 0.161. The molecule has 0 spiro atoms. The zero-order valence-electron chi connectivity index (χ0n) is 26.5. The summed E-state index contributed by atoms with van der Waals surface area (Å²) in [6.07, 6.45) is 0. The van der Waals surface area contributed by atoms with E-state index in [-0.39, 0.29) is 14.5 Å². The van der Waals surface area contributed by atoms with Gasteiger partial charge < -0.3 is 0 Å². The molecule has 0 saturated carbocycles. The average Bonchev–Trinajstić information content (AvgIpc) is 3.54. The molecule has 1 heterocycles. The summed E-state index contributed by atoms with van der Waals surface area (Å²) >= 11 is 0.161. The zero-order chi connectivity index (χ0) is 31.8. The van der Waals surface area contributed by atoms with Gasteiger partial charge in [0.2, 0.25) is 0 Å². The Hall–Kier alpha value is -5.46. The second-order valence-corrected chi connectivity index (χ2v) is 15.0. The molecule has 0 bridgehead atoms. The molecule has 10 aromatic rings. The summed E-state index contributed by atoms with van der Waals surface area (Å²) in [5.74, 6) is 0. The van der Waals surface area contributed by atoms with Crippen LogP contribution in [-0.4, -0.2) is 14.5 Å². The molecule has 0 N–H and O–H groups in total. The molecule has 0 radical (unpaired) electrons. The predicted octanol–water partition coefficient (Wildman–Crippen LogP) is 13.0. The van der Waals surface area contributed by atoms with E-state index in [9.17, 15) is 0 Å². The fraction of sp³-hybridized carbons (Fsp3) is 0.0213. The molecule has 0 aliphatic rings. The van der Waals surface area contributed by atoms with Crippen LogP contribution in [-0.2, 0) is 0 Å². The Morgan fingerprint density at radius 1 is 0.333 bits per heavy atom. The summed E-state index contributed by atoms with van der Waals surface area (Å²) in [6, 6.07) is 60.9. The van der Waals surface area contributed by atoms with Crippen LogP contribution in [0.5, 0.6) is 0 Å². The van der Waals surface area contributed by atoms with Gasteiger partial charge >= 0.3 is 287 Å². The summed E-state index contributed by atoms with van der Waals surface area (Å²) in [7, 11) is 0. The van der Waals surface area contributed by atoms with Gasteiger partial charge in [-0.1, -0.05) is 0 Å². The van der Waals surface area contributed by atoms with Gasteiger partial charge in [0.1, 0.15) is 0 Å². The molecule has 224 valence electrons. The molecule has 0 amide bonds. The molecule has 0 aliphatic heterocycles. The van der Waals surface area contributed by atoms with Crippen molar-refractivity contribution in [1.29, 1.82) is 0 Å². The first kappa shape index (κ1) is 27.6. The van der Waals surface area contributed by atoms with E-state index in [2.05, 4.69) is 171 Å². The van der Waals surface area contributed by atoms with Crippen LogP contribution in [0.1, 0.15) is 5.56 Å². The summed E-state index contributed by atoms with van der Waals surface area (Å²) < 4.78 is 2.95. The SMILES string of the molecule is Cc1c2ccccc2c(-c2cccc3[se]c4c(-c5c6ccccc6c(-c6ccccc6)c6ccccc56)cccc4c23)c2ccccc12. The molecule has 10 rings (SSSR count).